The Morgan fingerprint density at radius 3 is 2.70 bits per heavy atom. The number of ketones is 1. The minimum absolute atomic E-state index is 0.0213. The average Bonchev–Trinajstić information content (AvgIpc) is 3.25. The maximum Gasteiger partial charge on any atom is 0.271 e. The topological polar surface area (TPSA) is 74.7 Å². The fourth-order valence-electron chi connectivity index (χ4n) is 3.10. The molecule has 0 aliphatic carbocycles. The van der Waals surface area contributed by atoms with E-state index >= 15 is 0 Å². The molecule has 1 unspecified atom stereocenters. The van der Waals surface area contributed by atoms with Crippen LogP contribution in [0.25, 0.3) is 10.2 Å². The predicted molar refractivity (Wildman–Crippen MR) is 108 cm³/mol. The summed E-state index contributed by atoms with van der Waals surface area (Å²) in [6, 6.07) is 14.6. The molecule has 27 heavy (non-hydrogen) atoms. The van der Waals surface area contributed by atoms with E-state index in [1.54, 1.807) is 16.3 Å². The summed E-state index contributed by atoms with van der Waals surface area (Å²) >= 11 is 1.58. The van der Waals surface area contributed by atoms with Crippen molar-refractivity contribution < 1.29 is 9.59 Å². The van der Waals surface area contributed by atoms with Crippen molar-refractivity contribution in [3.05, 3.63) is 53.5 Å². The first-order valence-electron chi connectivity index (χ1n) is 8.62. The van der Waals surface area contributed by atoms with Crippen LogP contribution in [0.5, 0.6) is 0 Å². The van der Waals surface area contributed by atoms with Gasteiger partial charge in [0.25, 0.3) is 5.91 Å². The number of hydrazone groups is 1. The number of Topliss-reactive ketones (excluding diaryl/α,β-unsaturated/α-hetero) is 1. The van der Waals surface area contributed by atoms with Crippen molar-refractivity contribution in [3.8, 4) is 0 Å². The van der Waals surface area contributed by atoms with Gasteiger partial charge in [-0.15, -0.1) is 11.3 Å². The van der Waals surface area contributed by atoms with Crippen LogP contribution in [-0.4, -0.2) is 28.4 Å². The van der Waals surface area contributed by atoms with E-state index in [4.69, 9.17) is 0 Å². The van der Waals surface area contributed by atoms with Crippen molar-refractivity contribution >= 4 is 50.3 Å². The van der Waals surface area contributed by atoms with Gasteiger partial charge >= 0.3 is 0 Å². The Labute approximate surface area is 160 Å². The molecule has 0 saturated carbocycles. The molecular formula is C20H18N4O2S. The zero-order valence-electron chi connectivity index (χ0n) is 15.0. The minimum atomic E-state index is -0.459. The lowest BCUT2D eigenvalue weighted by molar-refractivity contribution is -0.118. The molecule has 1 aromatic heterocycles. The van der Waals surface area contributed by atoms with Crippen molar-refractivity contribution in [1.29, 1.82) is 0 Å². The summed E-state index contributed by atoms with van der Waals surface area (Å²) in [5.41, 5.74) is 2.75. The Morgan fingerprint density at radius 1 is 1.19 bits per heavy atom. The van der Waals surface area contributed by atoms with Gasteiger partial charge in [-0.3, -0.25) is 14.6 Å². The molecule has 2 heterocycles. The lowest BCUT2D eigenvalue weighted by Gasteiger charge is -2.20. The standard InChI is InChI=1S/C20H18N4O2S/c1-12(25)18-11-17(23-24(18)15-6-4-3-5-7-15)20(26)22-14-8-9-16-19(10-14)27-13(2)21-16/h3-10,18H,11H2,1-2H3,(H,22,26). The minimum Gasteiger partial charge on any atom is -0.321 e. The molecule has 0 spiro atoms. The second-order valence-corrected chi connectivity index (χ2v) is 7.66. The van der Waals surface area contributed by atoms with E-state index in [1.165, 1.54) is 6.92 Å². The van der Waals surface area contributed by atoms with E-state index in [-0.39, 0.29) is 18.1 Å². The van der Waals surface area contributed by atoms with Gasteiger partial charge < -0.3 is 5.32 Å². The third-order valence-electron chi connectivity index (χ3n) is 4.42. The number of rotatable bonds is 4. The molecule has 0 fully saturated rings. The highest BCUT2D eigenvalue weighted by Crippen LogP contribution is 2.27. The molecule has 1 aliphatic heterocycles. The molecule has 6 nitrogen and oxygen atoms in total. The first-order valence-corrected chi connectivity index (χ1v) is 9.43. The van der Waals surface area contributed by atoms with Gasteiger partial charge in [0.1, 0.15) is 11.8 Å². The fraction of sp³-hybridized carbons (Fsp3) is 0.200. The van der Waals surface area contributed by atoms with E-state index in [0.29, 0.717) is 11.4 Å². The molecule has 4 rings (SSSR count). The monoisotopic (exact) mass is 378 g/mol. The van der Waals surface area contributed by atoms with Gasteiger partial charge in [0, 0.05) is 12.1 Å². The molecule has 0 bridgehead atoms. The Hall–Kier alpha value is -3.06. The zero-order valence-corrected chi connectivity index (χ0v) is 15.8. The fourth-order valence-corrected chi connectivity index (χ4v) is 3.97. The lowest BCUT2D eigenvalue weighted by Crippen LogP contribution is -2.33. The van der Waals surface area contributed by atoms with Gasteiger partial charge in [-0.1, -0.05) is 18.2 Å². The average molecular weight is 378 g/mol. The molecule has 136 valence electrons. The van der Waals surface area contributed by atoms with Crippen LogP contribution in [0.2, 0.25) is 0 Å². The smallest absolute Gasteiger partial charge is 0.271 e. The van der Waals surface area contributed by atoms with Gasteiger partial charge in [-0.25, -0.2) is 4.98 Å². The van der Waals surface area contributed by atoms with Crippen LogP contribution in [0.4, 0.5) is 11.4 Å². The number of hydrogen-bond donors (Lipinski definition) is 1. The van der Waals surface area contributed by atoms with Crippen LogP contribution < -0.4 is 10.3 Å². The van der Waals surface area contributed by atoms with Crippen molar-refractivity contribution in [1.82, 2.24) is 4.98 Å². The molecule has 0 radical (unpaired) electrons. The number of aromatic nitrogens is 1. The number of fused-ring (bicyclic) bond motifs is 1. The van der Waals surface area contributed by atoms with Gasteiger partial charge in [0.05, 0.1) is 20.9 Å². The molecule has 1 atom stereocenters. The highest BCUT2D eigenvalue weighted by atomic mass is 32.1. The van der Waals surface area contributed by atoms with E-state index in [1.807, 2.05) is 55.5 Å². The third-order valence-corrected chi connectivity index (χ3v) is 5.35. The van der Waals surface area contributed by atoms with Crippen LogP contribution in [0.3, 0.4) is 0 Å². The SMILES string of the molecule is CC(=O)C1CC(C(=O)Nc2ccc3nc(C)sc3c2)=NN1c1ccccc1. The molecule has 3 aromatic rings. The molecule has 1 aliphatic rings. The number of hydrogen-bond acceptors (Lipinski definition) is 6. The summed E-state index contributed by atoms with van der Waals surface area (Å²) in [5, 5.41) is 9.93. The quantitative estimate of drug-likeness (QED) is 0.750. The number of aryl methyl sites for hydroxylation is 1. The Morgan fingerprint density at radius 2 is 1.96 bits per heavy atom. The third kappa shape index (κ3) is 3.46. The van der Waals surface area contributed by atoms with Crippen LogP contribution in [-0.2, 0) is 9.59 Å². The number of carbonyl (C=O) groups is 2. The first kappa shape index (κ1) is 17.4. The maximum atomic E-state index is 12.7. The Balaban J connectivity index is 1.57. The summed E-state index contributed by atoms with van der Waals surface area (Å²) in [6.07, 6.45) is 0.290. The van der Waals surface area contributed by atoms with Gasteiger partial charge in [0.2, 0.25) is 0 Å². The van der Waals surface area contributed by atoms with Crippen molar-refractivity contribution in [2.24, 2.45) is 5.10 Å². The van der Waals surface area contributed by atoms with Gasteiger partial charge in [-0.2, -0.15) is 5.10 Å². The summed E-state index contributed by atoms with van der Waals surface area (Å²) in [4.78, 5) is 29.2. The number of amides is 1. The second kappa shape index (κ2) is 6.92. The van der Waals surface area contributed by atoms with Crippen molar-refractivity contribution in [2.75, 3.05) is 10.3 Å². The van der Waals surface area contributed by atoms with Crippen LogP contribution in [0.1, 0.15) is 18.4 Å². The molecule has 7 heteroatoms. The number of nitrogens with one attached hydrogen (secondary N) is 1. The predicted octanol–water partition coefficient (Wildman–Crippen LogP) is 3.77. The number of anilines is 2. The summed E-state index contributed by atoms with van der Waals surface area (Å²) in [7, 11) is 0. The largest absolute Gasteiger partial charge is 0.321 e. The van der Waals surface area contributed by atoms with Crippen LogP contribution >= 0.6 is 11.3 Å². The highest BCUT2D eigenvalue weighted by Gasteiger charge is 2.34. The first-order chi connectivity index (χ1) is 13.0. The van der Waals surface area contributed by atoms with E-state index in [9.17, 15) is 9.59 Å². The molecule has 2 aromatic carbocycles. The molecule has 1 N–H and O–H groups in total. The second-order valence-electron chi connectivity index (χ2n) is 6.43. The van der Waals surface area contributed by atoms with E-state index in [0.717, 1.165) is 20.9 Å². The van der Waals surface area contributed by atoms with E-state index < -0.39 is 6.04 Å². The lowest BCUT2D eigenvalue weighted by atomic mass is 10.1. The highest BCUT2D eigenvalue weighted by molar-refractivity contribution is 7.18. The Kier molecular flexibility index (Phi) is 4.45. The van der Waals surface area contributed by atoms with Crippen LogP contribution in [0, 0.1) is 6.92 Å². The zero-order chi connectivity index (χ0) is 19.0. The number of para-hydroxylation sites is 1. The number of nitrogens with zero attached hydrogens (tertiary/aromatic N) is 3. The van der Waals surface area contributed by atoms with Gasteiger partial charge in [0.15, 0.2) is 5.78 Å². The summed E-state index contributed by atoms with van der Waals surface area (Å²) in [5.74, 6) is -0.313. The van der Waals surface area contributed by atoms with Crippen molar-refractivity contribution in [2.45, 2.75) is 26.3 Å². The summed E-state index contributed by atoms with van der Waals surface area (Å²) < 4.78 is 1.02. The van der Waals surface area contributed by atoms with E-state index in [2.05, 4.69) is 15.4 Å². The molecule has 0 saturated heterocycles. The molecular weight excluding hydrogens is 360 g/mol. The van der Waals surface area contributed by atoms with Crippen LogP contribution in [0.15, 0.2) is 53.6 Å². The Bertz CT molecular complexity index is 1060. The number of benzene rings is 2. The van der Waals surface area contributed by atoms with Crippen molar-refractivity contribution in [3.63, 3.8) is 0 Å². The maximum absolute atomic E-state index is 12.7. The van der Waals surface area contributed by atoms with Gasteiger partial charge in [-0.05, 0) is 44.2 Å². The number of carbonyl (C=O) groups excluding carboxylic acids is 2. The normalized spacial score (nSPS) is 16.4. The molecule has 1 amide bonds. The number of thiazole rings is 1. The summed E-state index contributed by atoms with van der Waals surface area (Å²) in [6.45, 7) is 3.48.